The molecule has 1 aromatic rings. The average Bonchev–Trinajstić information content (AvgIpc) is 2.31. The standard InChI is InChI=1S/C13H18BrNO2/c1-8-4-5-11(6-12(8)14)13(17)15-10(3)9(2)7-16/h4-6,9-10,16H,7H2,1-3H3,(H,15,17)/t9-,10-/m1/s1. The molecule has 4 heteroatoms. The third kappa shape index (κ3) is 3.82. The summed E-state index contributed by atoms with van der Waals surface area (Å²) in [6.45, 7) is 5.83. The number of aliphatic hydroxyl groups is 1. The van der Waals surface area contributed by atoms with Crippen molar-refractivity contribution in [2.45, 2.75) is 26.8 Å². The molecule has 0 aliphatic heterocycles. The van der Waals surface area contributed by atoms with E-state index in [1.54, 1.807) is 12.1 Å². The van der Waals surface area contributed by atoms with Crippen LogP contribution in [0, 0.1) is 12.8 Å². The minimum atomic E-state index is -0.112. The highest BCUT2D eigenvalue weighted by molar-refractivity contribution is 9.10. The molecule has 0 aliphatic rings. The van der Waals surface area contributed by atoms with E-state index in [4.69, 9.17) is 5.11 Å². The molecular weight excluding hydrogens is 282 g/mol. The maximum Gasteiger partial charge on any atom is 0.251 e. The van der Waals surface area contributed by atoms with Crippen molar-refractivity contribution in [2.75, 3.05) is 6.61 Å². The van der Waals surface area contributed by atoms with Crippen molar-refractivity contribution in [3.05, 3.63) is 33.8 Å². The van der Waals surface area contributed by atoms with Gasteiger partial charge in [0, 0.05) is 22.7 Å². The number of amides is 1. The third-order valence-electron chi connectivity index (χ3n) is 2.93. The minimum Gasteiger partial charge on any atom is -0.396 e. The normalized spacial score (nSPS) is 14.2. The van der Waals surface area contributed by atoms with E-state index in [1.807, 2.05) is 26.8 Å². The van der Waals surface area contributed by atoms with Gasteiger partial charge in [-0.3, -0.25) is 4.79 Å². The van der Waals surface area contributed by atoms with E-state index in [0.717, 1.165) is 10.0 Å². The Hall–Kier alpha value is -0.870. The van der Waals surface area contributed by atoms with Crippen molar-refractivity contribution in [1.29, 1.82) is 0 Å². The molecule has 1 amide bonds. The molecule has 94 valence electrons. The van der Waals surface area contributed by atoms with Crippen LogP contribution < -0.4 is 5.32 Å². The van der Waals surface area contributed by atoms with Gasteiger partial charge in [-0.2, -0.15) is 0 Å². The van der Waals surface area contributed by atoms with E-state index in [9.17, 15) is 4.79 Å². The number of carbonyl (C=O) groups is 1. The van der Waals surface area contributed by atoms with Gasteiger partial charge in [-0.25, -0.2) is 0 Å². The first-order valence-corrected chi connectivity index (χ1v) is 6.43. The lowest BCUT2D eigenvalue weighted by atomic mass is 10.0. The molecule has 2 N–H and O–H groups in total. The maximum absolute atomic E-state index is 11.9. The maximum atomic E-state index is 11.9. The highest BCUT2D eigenvalue weighted by Crippen LogP contribution is 2.17. The smallest absolute Gasteiger partial charge is 0.251 e. The second-order valence-electron chi connectivity index (χ2n) is 4.39. The monoisotopic (exact) mass is 299 g/mol. The van der Waals surface area contributed by atoms with Crippen molar-refractivity contribution in [3.63, 3.8) is 0 Å². The van der Waals surface area contributed by atoms with E-state index < -0.39 is 0 Å². The van der Waals surface area contributed by atoms with Crippen LogP contribution in [-0.2, 0) is 0 Å². The van der Waals surface area contributed by atoms with Gasteiger partial charge in [0.2, 0.25) is 0 Å². The molecule has 2 atom stereocenters. The van der Waals surface area contributed by atoms with Gasteiger partial charge in [-0.15, -0.1) is 0 Å². The Labute approximate surface area is 110 Å². The molecule has 0 unspecified atom stereocenters. The zero-order chi connectivity index (χ0) is 13.0. The Bertz CT molecular complexity index is 406. The zero-order valence-corrected chi connectivity index (χ0v) is 11.9. The van der Waals surface area contributed by atoms with E-state index >= 15 is 0 Å². The van der Waals surface area contributed by atoms with Gasteiger partial charge in [0.05, 0.1) is 0 Å². The van der Waals surface area contributed by atoms with Gasteiger partial charge in [-0.05, 0) is 37.5 Å². The Morgan fingerprint density at radius 1 is 1.47 bits per heavy atom. The van der Waals surface area contributed by atoms with Crippen LogP contribution in [0.1, 0.15) is 29.8 Å². The first-order chi connectivity index (χ1) is 7.95. The van der Waals surface area contributed by atoms with Crippen molar-refractivity contribution >= 4 is 21.8 Å². The molecule has 0 spiro atoms. The molecule has 1 aromatic carbocycles. The number of nitrogens with one attached hydrogen (secondary N) is 1. The molecule has 0 bridgehead atoms. The van der Waals surface area contributed by atoms with Crippen LogP contribution in [0.5, 0.6) is 0 Å². The van der Waals surface area contributed by atoms with Gasteiger partial charge in [0.15, 0.2) is 0 Å². The number of hydrogen-bond donors (Lipinski definition) is 2. The van der Waals surface area contributed by atoms with Crippen molar-refractivity contribution in [2.24, 2.45) is 5.92 Å². The quantitative estimate of drug-likeness (QED) is 0.897. The highest BCUT2D eigenvalue weighted by Gasteiger charge is 2.15. The summed E-state index contributed by atoms with van der Waals surface area (Å²) in [5, 5.41) is 11.9. The van der Waals surface area contributed by atoms with Gasteiger partial charge in [-0.1, -0.05) is 28.9 Å². The van der Waals surface area contributed by atoms with Crippen LogP contribution in [0.25, 0.3) is 0 Å². The first kappa shape index (κ1) is 14.2. The lowest BCUT2D eigenvalue weighted by Gasteiger charge is -2.19. The fraction of sp³-hybridized carbons (Fsp3) is 0.462. The van der Waals surface area contributed by atoms with Gasteiger partial charge >= 0.3 is 0 Å². The summed E-state index contributed by atoms with van der Waals surface area (Å²) in [7, 11) is 0. The molecule has 0 radical (unpaired) electrons. The molecule has 1 rings (SSSR count). The average molecular weight is 300 g/mol. The topological polar surface area (TPSA) is 49.3 Å². The van der Waals surface area contributed by atoms with Crippen LogP contribution in [0.3, 0.4) is 0 Å². The highest BCUT2D eigenvalue weighted by atomic mass is 79.9. The second kappa shape index (κ2) is 6.17. The predicted molar refractivity (Wildman–Crippen MR) is 72.1 cm³/mol. The first-order valence-electron chi connectivity index (χ1n) is 5.63. The number of rotatable bonds is 4. The summed E-state index contributed by atoms with van der Waals surface area (Å²) in [6.07, 6.45) is 0. The summed E-state index contributed by atoms with van der Waals surface area (Å²) in [6, 6.07) is 5.46. The molecule has 0 saturated heterocycles. The summed E-state index contributed by atoms with van der Waals surface area (Å²) in [5.74, 6) is -0.0636. The Kier molecular flexibility index (Phi) is 5.15. The number of halogens is 1. The Morgan fingerprint density at radius 3 is 2.65 bits per heavy atom. The molecule has 0 aromatic heterocycles. The molecule has 0 fully saturated rings. The van der Waals surface area contributed by atoms with E-state index in [-0.39, 0.29) is 24.5 Å². The second-order valence-corrected chi connectivity index (χ2v) is 5.24. The molecule has 3 nitrogen and oxygen atoms in total. The molecular formula is C13H18BrNO2. The minimum absolute atomic E-state index is 0.0485. The predicted octanol–water partition coefficient (Wildman–Crippen LogP) is 2.50. The summed E-state index contributed by atoms with van der Waals surface area (Å²) >= 11 is 3.40. The van der Waals surface area contributed by atoms with Crippen LogP contribution in [0.2, 0.25) is 0 Å². The summed E-state index contributed by atoms with van der Waals surface area (Å²) in [5.41, 5.74) is 1.72. The van der Waals surface area contributed by atoms with Crippen LogP contribution in [0.15, 0.2) is 22.7 Å². The SMILES string of the molecule is Cc1ccc(C(=O)N[C@H](C)[C@H](C)CO)cc1Br. The number of aryl methyl sites for hydroxylation is 1. The summed E-state index contributed by atoms with van der Waals surface area (Å²) < 4.78 is 0.924. The number of aliphatic hydroxyl groups excluding tert-OH is 1. The number of hydrogen-bond acceptors (Lipinski definition) is 2. The van der Waals surface area contributed by atoms with E-state index in [0.29, 0.717) is 5.56 Å². The number of benzene rings is 1. The molecule has 17 heavy (non-hydrogen) atoms. The van der Waals surface area contributed by atoms with Gasteiger partial charge in [0.25, 0.3) is 5.91 Å². The van der Waals surface area contributed by atoms with Crippen LogP contribution in [-0.4, -0.2) is 23.7 Å². The fourth-order valence-corrected chi connectivity index (χ4v) is 1.70. The van der Waals surface area contributed by atoms with Crippen LogP contribution >= 0.6 is 15.9 Å². The summed E-state index contributed by atoms with van der Waals surface area (Å²) in [4.78, 5) is 11.9. The Balaban J connectivity index is 2.73. The largest absolute Gasteiger partial charge is 0.396 e. The zero-order valence-electron chi connectivity index (χ0n) is 10.3. The Morgan fingerprint density at radius 2 is 2.12 bits per heavy atom. The molecule has 0 heterocycles. The van der Waals surface area contributed by atoms with E-state index in [2.05, 4.69) is 21.2 Å². The molecule has 0 aliphatic carbocycles. The molecule has 0 saturated carbocycles. The lowest BCUT2D eigenvalue weighted by molar-refractivity contribution is 0.0916. The van der Waals surface area contributed by atoms with Crippen molar-refractivity contribution in [3.8, 4) is 0 Å². The van der Waals surface area contributed by atoms with Crippen molar-refractivity contribution in [1.82, 2.24) is 5.32 Å². The van der Waals surface area contributed by atoms with Gasteiger partial charge in [0.1, 0.15) is 0 Å². The van der Waals surface area contributed by atoms with Gasteiger partial charge < -0.3 is 10.4 Å². The van der Waals surface area contributed by atoms with E-state index in [1.165, 1.54) is 0 Å². The number of carbonyl (C=O) groups excluding carboxylic acids is 1. The van der Waals surface area contributed by atoms with Crippen LogP contribution in [0.4, 0.5) is 0 Å². The third-order valence-corrected chi connectivity index (χ3v) is 3.79. The van der Waals surface area contributed by atoms with Crippen molar-refractivity contribution < 1.29 is 9.90 Å². The fourth-order valence-electron chi connectivity index (χ4n) is 1.32. The lowest BCUT2D eigenvalue weighted by Crippen LogP contribution is -2.38.